The zero-order valence-corrected chi connectivity index (χ0v) is 10.4. The van der Waals surface area contributed by atoms with Gasteiger partial charge in [0.15, 0.2) is 0 Å². The minimum absolute atomic E-state index is 0.199. The Bertz CT molecular complexity index is 440. The first-order chi connectivity index (χ1) is 8.84. The van der Waals surface area contributed by atoms with E-state index in [-0.39, 0.29) is 5.92 Å². The summed E-state index contributed by atoms with van der Waals surface area (Å²) >= 11 is 0. The average Bonchev–Trinajstić information content (AvgIpc) is 3.09. The number of rotatable bonds is 2. The summed E-state index contributed by atoms with van der Waals surface area (Å²) in [4.78, 5) is 14.4. The normalized spacial score (nSPS) is 27.7. The molecule has 18 heavy (non-hydrogen) atoms. The molecule has 2 aliphatic rings. The molecule has 5 nitrogen and oxygen atoms in total. The minimum atomic E-state index is 0.199. The summed E-state index contributed by atoms with van der Waals surface area (Å²) in [5, 5.41) is 7.85. The predicted molar refractivity (Wildman–Crippen MR) is 66.7 cm³/mol. The van der Waals surface area contributed by atoms with Gasteiger partial charge >= 0.3 is 0 Å². The zero-order chi connectivity index (χ0) is 12.4. The van der Waals surface area contributed by atoms with E-state index >= 15 is 0 Å². The van der Waals surface area contributed by atoms with Crippen molar-refractivity contribution in [2.75, 3.05) is 13.1 Å². The lowest BCUT2D eigenvalue weighted by Crippen LogP contribution is -2.35. The maximum absolute atomic E-state index is 12.4. The van der Waals surface area contributed by atoms with Crippen molar-refractivity contribution in [3.05, 3.63) is 24.5 Å². The molecule has 5 heteroatoms. The van der Waals surface area contributed by atoms with Gasteiger partial charge in [0, 0.05) is 25.2 Å². The summed E-state index contributed by atoms with van der Waals surface area (Å²) in [6, 6.07) is 0.301. The van der Waals surface area contributed by atoms with E-state index in [1.165, 1.54) is 0 Å². The number of likely N-dealkylation sites (tertiary alicyclic amines) is 1. The Kier molecular flexibility index (Phi) is 3.13. The first-order valence-corrected chi connectivity index (χ1v) is 6.64. The maximum atomic E-state index is 12.4. The fourth-order valence-corrected chi connectivity index (χ4v) is 2.85. The zero-order valence-electron chi connectivity index (χ0n) is 10.4. The highest BCUT2D eigenvalue weighted by atomic mass is 16.2. The first-order valence-electron chi connectivity index (χ1n) is 6.64. The van der Waals surface area contributed by atoms with Crippen molar-refractivity contribution >= 4 is 5.91 Å². The molecule has 0 bridgehead atoms. The molecule has 0 saturated carbocycles. The average molecular weight is 246 g/mol. The van der Waals surface area contributed by atoms with Crippen LogP contribution in [0, 0.1) is 5.92 Å². The number of nitrogens with zero attached hydrogens (tertiary/aromatic N) is 4. The first kappa shape index (κ1) is 11.4. The van der Waals surface area contributed by atoms with Gasteiger partial charge in [0.2, 0.25) is 5.91 Å². The third-order valence-electron chi connectivity index (χ3n) is 3.91. The summed E-state index contributed by atoms with van der Waals surface area (Å²) in [5.74, 6) is 0.520. The number of amides is 1. The largest absolute Gasteiger partial charge is 0.340 e. The Morgan fingerprint density at radius 2 is 2.22 bits per heavy atom. The second-order valence-electron chi connectivity index (χ2n) is 5.09. The molecule has 0 aromatic carbocycles. The van der Waals surface area contributed by atoms with E-state index in [1.807, 2.05) is 15.8 Å². The van der Waals surface area contributed by atoms with Crippen LogP contribution in [0.4, 0.5) is 0 Å². The van der Waals surface area contributed by atoms with E-state index in [0.29, 0.717) is 11.9 Å². The maximum Gasteiger partial charge on any atom is 0.226 e. The Morgan fingerprint density at radius 3 is 2.94 bits per heavy atom. The van der Waals surface area contributed by atoms with Crippen molar-refractivity contribution in [3.8, 4) is 0 Å². The molecule has 96 valence electrons. The number of carbonyl (C=O) groups is 1. The van der Waals surface area contributed by atoms with E-state index in [1.54, 1.807) is 6.20 Å². The number of aromatic nitrogens is 3. The van der Waals surface area contributed by atoms with Gasteiger partial charge in [-0.1, -0.05) is 17.4 Å². The Balaban J connectivity index is 1.61. The summed E-state index contributed by atoms with van der Waals surface area (Å²) < 4.78 is 1.87. The van der Waals surface area contributed by atoms with Crippen molar-refractivity contribution in [2.24, 2.45) is 5.92 Å². The molecule has 2 heterocycles. The van der Waals surface area contributed by atoms with Crippen LogP contribution >= 0.6 is 0 Å². The fourth-order valence-electron chi connectivity index (χ4n) is 2.85. The van der Waals surface area contributed by atoms with E-state index in [4.69, 9.17) is 0 Å². The second kappa shape index (κ2) is 4.92. The van der Waals surface area contributed by atoms with Crippen LogP contribution in [0.2, 0.25) is 0 Å². The highest BCUT2D eigenvalue weighted by Gasteiger charge is 2.31. The minimum Gasteiger partial charge on any atom is -0.340 e. The molecule has 0 N–H and O–H groups in total. The van der Waals surface area contributed by atoms with Crippen LogP contribution in [0.1, 0.15) is 31.7 Å². The van der Waals surface area contributed by atoms with E-state index in [0.717, 1.165) is 38.8 Å². The van der Waals surface area contributed by atoms with Crippen LogP contribution < -0.4 is 0 Å². The lowest BCUT2D eigenvalue weighted by Gasteiger charge is -2.24. The van der Waals surface area contributed by atoms with Gasteiger partial charge in [-0.25, -0.2) is 4.68 Å². The Morgan fingerprint density at radius 1 is 1.28 bits per heavy atom. The topological polar surface area (TPSA) is 51.0 Å². The van der Waals surface area contributed by atoms with Crippen LogP contribution in [-0.4, -0.2) is 38.9 Å². The molecule has 1 aromatic heterocycles. The van der Waals surface area contributed by atoms with Crippen LogP contribution in [0.15, 0.2) is 24.5 Å². The number of carbonyl (C=O) groups excluding carboxylic acids is 1. The van der Waals surface area contributed by atoms with E-state index in [2.05, 4.69) is 22.5 Å². The predicted octanol–water partition coefficient (Wildman–Crippen LogP) is 1.41. The molecule has 1 saturated heterocycles. The van der Waals surface area contributed by atoms with Gasteiger partial charge in [-0.2, -0.15) is 0 Å². The van der Waals surface area contributed by atoms with Crippen LogP contribution in [0.3, 0.4) is 0 Å². The molecule has 2 unspecified atom stereocenters. The summed E-state index contributed by atoms with van der Waals surface area (Å²) in [7, 11) is 0. The lowest BCUT2D eigenvalue weighted by atomic mass is 9.93. The molecule has 0 radical (unpaired) electrons. The molecule has 1 fully saturated rings. The van der Waals surface area contributed by atoms with Crippen molar-refractivity contribution in [2.45, 2.75) is 31.7 Å². The molecular formula is C13H18N4O. The molecule has 1 amide bonds. The van der Waals surface area contributed by atoms with E-state index in [9.17, 15) is 4.79 Å². The highest BCUT2D eigenvalue weighted by Crippen LogP contribution is 2.26. The third kappa shape index (κ3) is 2.17. The Hall–Kier alpha value is -1.65. The number of hydrogen-bond donors (Lipinski definition) is 0. The molecular weight excluding hydrogens is 228 g/mol. The quantitative estimate of drug-likeness (QED) is 0.741. The van der Waals surface area contributed by atoms with Gasteiger partial charge in [0.05, 0.1) is 12.2 Å². The fraction of sp³-hybridized carbons (Fsp3) is 0.615. The summed E-state index contributed by atoms with van der Waals surface area (Å²) in [6.07, 6.45) is 11.8. The Labute approximate surface area is 106 Å². The molecule has 2 atom stereocenters. The van der Waals surface area contributed by atoms with Crippen LogP contribution in [-0.2, 0) is 4.79 Å². The van der Waals surface area contributed by atoms with Gasteiger partial charge in [-0.05, 0) is 25.7 Å². The molecule has 1 aliphatic heterocycles. The van der Waals surface area contributed by atoms with Crippen molar-refractivity contribution < 1.29 is 4.79 Å². The number of hydrogen-bond acceptors (Lipinski definition) is 3. The standard InChI is InChI=1S/C13H18N4O/c18-13(11-4-2-1-3-5-11)16-8-6-12(10-16)17-9-7-14-15-17/h1-2,7,9,11-12H,3-6,8,10H2. The van der Waals surface area contributed by atoms with Crippen molar-refractivity contribution in [3.63, 3.8) is 0 Å². The van der Waals surface area contributed by atoms with E-state index < -0.39 is 0 Å². The highest BCUT2D eigenvalue weighted by molar-refractivity contribution is 5.79. The second-order valence-corrected chi connectivity index (χ2v) is 5.09. The summed E-state index contributed by atoms with van der Waals surface area (Å²) in [5.41, 5.74) is 0. The smallest absolute Gasteiger partial charge is 0.226 e. The van der Waals surface area contributed by atoms with Gasteiger partial charge in [0.25, 0.3) is 0 Å². The van der Waals surface area contributed by atoms with Gasteiger partial charge < -0.3 is 4.90 Å². The molecule has 1 aromatic rings. The molecule has 1 aliphatic carbocycles. The SMILES string of the molecule is O=C(C1CC=CCC1)N1CCC(n2ccnn2)C1. The van der Waals surface area contributed by atoms with Gasteiger partial charge in [-0.15, -0.1) is 5.10 Å². The van der Waals surface area contributed by atoms with Crippen molar-refractivity contribution in [1.29, 1.82) is 0 Å². The van der Waals surface area contributed by atoms with Gasteiger partial charge in [0.1, 0.15) is 0 Å². The molecule has 0 spiro atoms. The van der Waals surface area contributed by atoms with Crippen LogP contribution in [0.25, 0.3) is 0 Å². The molecule has 3 rings (SSSR count). The summed E-state index contributed by atoms with van der Waals surface area (Å²) in [6.45, 7) is 1.63. The van der Waals surface area contributed by atoms with Gasteiger partial charge in [-0.3, -0.25) is 4.79 Å². The van der Waals surface area contributed by atoms with Crippen molar-refractivity contribution in [1.82, 2.24) is 19.9 Å². The third-order valence-corrected chi connectivity index (χ3v) is 3.91. The monoisotopic (exact) mass is 246 g/mol. The van der Waals surface area contributed by atoms with Crippen LogP contribution in [0.5, 0.6) is 0 Å². The number of allylic oxidation sites excluding steroid dienone is 2. The lowest BCUT2D eigenvalue weighted by molar-refractivity contribution is -0.134.